The van der Waals surface area contributed by atoms with Crippen LogP contribution in [0.5, 0.6) is 0 Å². The van der Waals surface area contributed by atoms with Gasteiger partial charge in [0.25, 0.3) is 0 Å². The van der Waals surface area contributed by atoms with Crippen LogP contribution < -0.4 is 0 Å². The van der Waals surface area contributed by atoms with Crippen LogP contribution in [0.25, 0.3) is 0 Å². The van der Waals surface area contributed by atoms with Crippen molar-refractivity contribution in [3.8, 4) is 0 Å². The molecule has 0 aliphatic carbocycles. The van der Waals surface area contributed by atoms with E-state index in [2.05, 4.69) is 4.90 Å². The number of furan rings is 1. The summed E-state index contributed by atoms with van der Waals surface area (Å²) in [5, 5.41) is 10.3. The number of halogens is 1. The minimum Gasteiger partial charge on any atom is -0.467 e. The lowest BCUT2D eigenvalue weighted by atomic mass is 10.0. The molecule has 0 unspecified atom stereocenters. The number of rotatable bonds is 5. The summed E-state index contributed by atoms with van der Waals surface area (Å²) < 4.78 is 24.3. The lowest BCUT2D eigenvalue weighted by Crippen LogP contribution is -2.45. The van der Waals surface area contributed by atoms with E-state index in [0.29, 0.717) is 31.9 Å². The molecule has 2 atom stereocenters. The minimum absolute atomic E-state index is 0.0755. The Morgan fingerprint density at radius 2 is 2.26 bits per heavy atom. The highest BCUT2D eigenvalue weighted by atomic mass is 19.1. The van der Waals surface area contributed by atoms with Crippen LogP contribution in [0.3, 0.4) is 0 Å². The van der Waals surface area contributed by atoms with E-state index < -0.39 is 6.10 Å². The Balaban J connectivity index is 1.70. The fourth-order valence-corrected chi connectivity index (χ4v) is 3.00. The number of aliphatic hydroxyl groups is 1. The molecule has 3 rings (SSSR count). The first kappa shape index (κ1) is 16.2. The number of hydrogen-bond acceptors (Lipinski definition) is 4. The SMILES string of the molecule is Cc1ccc(F)cc1CN1CCOC[C@@H]1C[C@H](O)c1ccco1. The van der Waals surface area contributed by atoms with Gasteiger partial charge in [0.05, 0.1) is 19.5 Å². The van der Waals surface area contributed by atoms with Gasteiger partial charge in [-0.05, 0) is 48.7 Å². The summed E-state index contributed by atoms with van der Waals surface area (Å²) >= 11 is 0. The normalized spacial score (nSPS) is 20.6. The van der Waals surface area contributed by atoms with E-state index in [1.54, 1.807) is 30.5 Å². The summed E-state index contributed by atoms with van der Waals surface area (Å²) in [4.78, 5) is 2.25. The van der Waals surface area contributed by atoms with E-state index >= 15 is 0 Å². The third-order valence-electron chi connectivity index (χ3n) is 4.40. The van der Waals surface area contributed by atoms with Crippen LogP contribution in [0.4, 0.5) is 4.39 Å². The Bertz CT molecular complexity index is 629. The van der Waals surface area contributed by atoms with Crippen LogP contribution in [-0.2, 0) is 11.3 Å². The molecule has 0 radical (unpaired) electrons. The first-order valence-corrected chi connectivity index (χ1v) is 7.92. The van der Waals surface area contributed by atoms with Gasteiger partial charge in [-0.3, -0.25) is 4.90 Å². The molecule has 5 heteroatoms. The van der Waals surface area contributed by atoms with Crippen molar-refractivity contribution in [2.24, 2.45) is 0 Å². The van der Waals surface area contributed by atoms with E-state index in [1.165, 1.54) is 6.07 Å². The zero-order valence-electron chi connectivity index (χ0n) is 13.2. The molecular weight excluding hydrogens is 297 g/mol. The first-order valence-electron chi connectivity index (χ1n) is 7.92. The Hall–Kier alpha value is -1.69. The molecular formula is C18H22FNO3. The number of nitrogens with zero attached hydrogens (tertiary/aromatic N) is 1. The van der Waals surface area contributed by atoms with Gasteiger partial charge in [-0.2, -0.15) is 0 Å². The Labute approximate surface area is 135 Å². The minimum atomic E-state index is -0.659. The highest BCUT2D eigenvalue weighted by molar-refractivity contribution is 5.26. The van der Waals surface area contributed by atoms with Crippen molar-refractivity contribution < 1.29 is 18.7 Å². The number of aryl methyl sites for hydroxylation is 1. The number of morpholine rings is 1. The average molecular weight is 319 g/mol. The van der Waals surface area contributed by atoms with E-state index in [1.807, 2.05) is 6.92 Å². The molecule has 1 fully saturated rings. The summed E-state index contributed by atoms with van der Waals surface area (Å²) in [5.74, 6) is 0.350. The lowest BCUT2D eigenvalue weighted by Gasteiger charge is -2.36. The maximum absolute atomic E-state index is 13.5. The first-order chi connectivity index (χ1) is 11.1. The number of benzene rings is 1. The average Bonchev–Trinajstić information content (AvgIpc) is 3.07. The summed E-state index contributed by atoms with van der Waals surface area (Å²) in [7, 11) is 0. The summed E-state index contributed by atoms with van der Waals surface area (Å²) in [6, 6.07) is 8.49. The molecule has 0 spiro atoms. The Kier molecular flexibility index (Phi) is 5.10. The Morgan fingerprint density at radius 3 is 3.04 bits per heavy atom. The lowest BCUT2D eigenvalue weighted by molar-refractivity contribution is -0.0324. The molecule has 23 heavy (non-hydrogen) atoms. The topological polar surface area (TPSA) is 45.8 Å². The van der Waals surface area contributed by atoms with Gasteiger partial charge in [-0.1, -0.05) is 6.07 Å². The standard InChI is InChI=1S/C18H22FNO3/c1-13-4-5-15(19)9-14(13)11-20-6-8-22-12-16(20)10-17(21)18-3-2-7-23-18/h2-5,7,9,16-17,21H,6,8,10-12H2,1H3/t16-,17-/m0/s1. The molecule has 1 aromatic heterocycles. The number of hydrogen-bond donors (Lipinski definition) is 1. The fraction of sp³-hybridized carbons (Fsp3) is 0.444. The largest absolute Gasteiger partial charge is 0.467 e. The second-order valence-electron chi connectivity index (χ2n) is 6.04. The second kappa shape index (κ2) is 7.25. The monoisotopic (exact) mass is 319 g/mol. The molecule has 1 aromatic carbocycles. The summed E-state index contributed by atoms with van der Waals surface area (Å²) in [6.07, 6.45) is 1.43. The molecule has 124 valence electrons. The third kappa shape index (κ3) is 3.99. The van der Waals surface area contributed by atoms with Crippen LogP contribution in [-0.4, -0.2) is 35.8 Å². The van der Waals surface area contributed by atoms with Gasteiger partial charge in [0.15, 0.2) is 0 Å². The molecule has 1 aliphatic heterocycles. The van der Waals surface area contributed by atoms with Crippen molar-refractivity contribution in [3.63, 3.8) is 0 Å². The van der Waals surface area contributed by atoms with Crippen LogP contribution in [0.15, 0.2) is 41.0 Å². The molecule has 2 aromatic rings. The number of ether oxygens (including phenoxy) is 1. The third-order valence-corrected chi connectivity index (χ3v) is 4.40. The maximum Gasteiger partial charge on any atom is 0.132 e. The molecule has 1 aliphatic rings. The van der Waals surface area contributed by atoms with Gasteiger partial charge in [0.2, 0.25) is 0 Å². The quantitative estimate of drug-likeness (QED) is 0.920. The van der Waals surface area contributed by atoms with Crippen molar-refractivity contribution in [3.05, 3.63) is 59.3 Å². The van der Waals surface area contributed by atoms with Gasteiger partial charge in [-0.25, -0.2) is 4.39 Å². The van der Waals surface area contributed by atoms with Gasteiger partial charge in [0.1, 0.15) is 17.7 Å². The van der Waals surface area contributed by atoms with E-state index in [9.17, 15) is 9.50 Å². The maximum atomic E-state index is 13.5. The van der Waals surface area contributed by atoms with Gasteiger partial charge >= 0.3 is 0 Å². The highest BCUT2D eigenvalue weighted by Gasteiger charge is 2.27. The van der Waals surface area contributed by atoms with E-state index in [0.717, 1.165) is 17.7 Å². The number of aliphatic hydroxyl groups excluding tert-OH is 1. The van der Waals surface area contributed by atoms with Crippen molar-refractivity contribution in [1.82, 2.24) is 4.90 Å². The van der Waals surface area contributed by atoms with Crippen LogP contribution >= 0.6 is 0 Å². The molecule has 0 saturated carbocycles. The zero-order chi connectivity index (χ0) is 16.2. The van der Waals surface area contributed by atoms with Crippen molar-refractivity contribution in [1.29, 1.82) is 0 Å². The smallest absolute Gasteiger partial charge is 0.132 e. The van der Waals surface area contributed by atoms with Gasteiger partial charge in [0, 0.05) is 19.1 Å². The molecule has 1 N–H and O–H groups in total. The van der Waals surface area contributed by atoms with Crippen molar-refractivity contribution in [2.45, 2.75) is 32.0 Å². The van der Waals surface area contributed by atoms with Crippen LogP contribution in [0, 0.1) is 12.7 Å². The van der Waals surface area contributed by atoms with Crippen LogP contribution in [0.2, 0.25) is 0 Å². The Morgan fingerprint density at radius 1 is 1.39 bits per heavy atom. The van der Waals surface area contributed by atoms with Crippen molar-refractivity contribution >= 4 is 0 Å². The zero-order valence-corrected chi connectivity index (χ0v) is 13.2. The molecule has 4 nitrogen and oxygen atoms in total. The fourth-order valence-electron chi connectivity index (χ4n) is 3.00. The molecule has 0 amide bonds. The van der Waals surface area contributed by atoms with E-state index in [-0.39, 0.29) is 11.9 Å². The predicted molar refractivity (Wildman–Crippen MR) is 84.4 cm³/mol. The van der Waals surface area contributed by atoms with Gasteiger partial charge in [-0.15, -0.1) is 0 Å². The molecule has 2 heterocycles. The van der Waals surface area contributed by atoms with Gasteiger partial charge < -0.3 is 14.3 Å². The highest BCUT2D eigenvalue weighted by Crippen LogP contribution is 2.25. The molecule has 1 saturated heterocycles. The van der Waals surface area contributed by atoms with E-state index in [4.69, 9.17) is 9.15 Å². The molecule has 0 bridgehead atoms. The summed E-state index contributed by atoms with van der Waals surface area (Å²) in [5.41, 5.74) is 2.05. The van der Waals surface area contributed by atoms with Crippen molar-refractivity contribution in [2.75, 3.05) is 19.8 Å². The summed E-state index contributed by atoms with van der Waals surface area (Å²) in [6.45, 7) is 4.63. The van der Waals surface area contributed by atoms with Crippen LogP contribution in [0.1, 0.15) is 29.4 Å². The predicted octanol–water partition coefficient (Wildman–Crippen LogP) is 3.05. The second-order valence-corrected chi connectivity index (χ2v) is 6.04.